The van der Waals surface area contributed by atoms with Gasteiger partial charge in [0.15, 0.2) is 0 Å². The molecule has 0 aliphatic carbocycles. The van der Waals surface area contributed by atoms with Gasteiger partial charge in [-0.1, -0.05) is 90.4 Å². The quantitative estimate of drug-likeness (QED) is 0.132. The van der Waals surface area contributed by atoms with Crippen molar-refractivity contribution in [3.05, 3.63) is 29.8 Å². The number of nitrogen functional groups attached to an aromatic ring is 1. The molecule has 0 aliphatic heterocycles. The molecule has 27 heavy (non-hydrogen) atoms. The fourth-order valence-corrected chi connectivity index (χ4v) is 3.38. The van der Waals surface area contributed by atoms with Crippen LogP contribution in [0.2, 0.25) is 0 Å². The van der Waals surface area contributed by atoms with Gasteiger partial charge in [0.2, 0.25) is 0 Å². The molecule has 154 valence electrons. The van der Waals surface area contributed by atoms with E-state index in [0.29, 0.717) is 5.56 Å². The number of rotatable bonds is 17. The molecule has 0 unspecified atom stereocenters. The molecule has 1 amide bonds. The minimum absolute atomic E-state index is 0.256. The Balaban J connectivity index is 1.86. The van der Waals surface area contributed by atoms with E-state index in [1.165, 1.54) is 89.9 Å². The van der Waals surface area contributed by atoms with Crippen LogP contribution in [0.25, 0.3) is 0 Å². The molecule has 0 fully saturated rings. The smallest absolute Gasteiger partial charge is 0.265 e. The van der Waals surface area contributed by atoms with Crippen molar-refractivity contribution in [3.8, 4) is 0 Å². The molecule has 4 heteroatoms. The Morgan fingerprint density at radius 2 is 1.19 bits per heavy atom. The summed E-state index contributed by atoms with van der Waals surface area (Å²) in [5.74, 6) is 4.87. The van der Waals surface area contributed by atoms with E-state index < -0.39 is 0 Å². The van der Waals surface area contributed by atoms with E-state index in [4.69, 9.17) is 5.84 Å². The molecule has 0 saturated heterocycles. The lowest BCUT2D eigenvalue weighted by Gasteiger charge is -2.07. The molecule has 0 heterocycles. The topological polar surface area (TPSA) is 67.2 Å². The zero-order chi connectivity index (χ0) is 19.6. The van der Waals surface area contributed by atoms with Gasteiger partial charge >= 0.3 is 0 Å². The Kier molecular flexibility index (Phi) is 14.5. The maximum absolute atomic E-state index is 11.4. The van der Waals surface area contributed by atoms with E-state index in [2.05, 4.69) is 17.7 Å². The van der Waals surface area contributed by atoms with Gasteiger partial charge in [0, 0.05) is 17.8 Å². The molecule has 0 saturated carbocycles. The van der Waals surface area contributed by atoms with Gasteiger partial charge in [0.1, 0.15) is 0 Å². The molecule has 4 nitrogen and oxygen atoms in total. The number of unbranched alkanes of at least 4 members (excludes halogenated alkanes) is 13. The van der Waals surface area contributed by atoms with Gasteiger partial charge in [0.25, 0.3) is 5.91 Å². The van der Waals surface area contributed by atoms with Crippen molar-refractivity contribution in [2.75, 3.05) is 11.9 Å². The van der Waals surface area contributed by atoms with E-state index in [0.717, 1.165) is 12.2 Å². The lowest BCUT2D eigenvalue weighted by molar-refractivity contribution is 0.0953. The fourth-order valence-electron chi connectivity index (χ4n) is 3.38. The molecule has 1 aromatic carbocycles. The summed E-state index contributed by atoms with van der Waals surface area (Å²) in [5, 5.41) is 3.41. The monoisotopic (exact) mass is 375 g/mol. The largest absolute Gasteiger partial charge is 0.385 e. The van der Waals surface area contributed by atoms with Gasteiger partial charge < -0.3 is 5.32 Å². The number of amides is 1. The third-order valence-electron chi connectivity index (χ3n) is 5.14. The summed E-state index contributed by atoms with van der Waals surface area (Å²) in [6.45, 7) is 3.27. The van der Waals surface area contributed by atoms with Gasteiger partial charge in [0.05, 0.1) is 0 Å². The van der Waals surface area contributed by atoms with Crippen LogP contribution in [0.4, 0.5) is 5.69 Å². The fraction of sp³-hybridized carbons (Fsp3) is 0.696. The third kappa shape index (κ3) is 12.5. The van der Waals surface area contributed by atoms with Gasteiger partial charge in [-0.05, 0) is 30.7 Å². The predicted molar refractivity (Wildman–Crippen MR) is 117 cm³/mol. The highest BCUT2D eigenvalue weighted by Gasteiger charge is 2.02. The molecular weight excluding hydrogens is 334 g/mol. The van der Waals surface area contributed by atoms with Crippen molar-refractivity contribution in [1.29, 1.82) is 0 Å². The van der Waals surface area contributed by atoms with Gasteiger partial charge in [-0.3, -0.25) is 10.2 Å². The summed E-state index contributed by atoms with van der Waals surface area (Å²) in [6, 6.07) is 7.42. The number of benzene rings is 1. The minimum Gasteiger partial charge on any atom is -0.385 e. The maximum atomic E-state index is 11.4. The standard InChI is InChI=1S/C23H41N3O/c1-2-3-4-5-6-7-8-9-10-11-12-13-14-15-20-25-22-18-16-21(17-19-22)23(27)26-24/h16-19,25H,2-15,20,24H2,1H3,(H,26,27). The van der Waals surface area contributed by atoms with Crippen molar-refractivity contribution in [3.63, 3.8) is 0 Å². The summed E-state index contributed by atoms with van der Waals surface area (Å²) in [6.07, 6.45) is 19.4. The first-order chi connectivity index (χ1) is 13.3. The number of hydrogen-bond acceptors (Lipinski definition) is 3. The molecule has 0 aliphatic rings. The molecular formula is C23H41N3O. The van der Waals surface area contributed by atoms with Crippen LogP contribution >= 0.6 is 0 Å². The second-order valence-electron chi connectivity index (χ2n) is 7.57. The van der Waals surface area contributed by atoms with Crippen molar-refractivity contribution in [2.24, 2.45) is 5.84 Å². The van der Waals surface area contributed by atoms with Crippen molar-refractivity contribution >= 4 is 11.6 Å². The van der Waals surface area contributed by atoms with Crippen LogP contribution in [0.1, 0.15) is 107 Å². The van der Waals surface area contributed by atoms with E-state index >= 15 is 0 Å². The van der Waals surface area contributed by atoms with Crippen LogP contribution in [-0.4, -0.2) is 12.5 Å². The van der Waals surface area contributed by atoms with Crippen LogP contribution in [0.15, 0.2) is 24.3 Å². The van der Waals surface area contributed by atoms with E-state index in [-0.39, 0.29) is 5.91 Å². The summed E-state index contributed by atoms with van der Waals surface area (Å²) < 4.78 is 0. The Labute approximate surface area is 166 Å². The Morgan fingerprint density at radius 3 is 1.63 bits per heavy atom. The molecule has 0 radical (unpaired) electrons. The van der Waals surface area contributed by atoms with Crippen LogP contribution in [0.3, 0.4) is 0 Å². The number of nitrogens with one attached hydrogen (secondary N) is 2. The number of hydrogen-bond donors (Lipinski definition) is 3. The number of anilines is 1. The summed E-state index contributed by atoms with van der Waals surface area (Å²) in [7, 11) is 0. The molecule has 0 spiro atoms. The second-order valence-corrected chi connectivity index (χ2v) is 7.57. The van der Waals surface area contributed by atoms with E-state index in [9.17, 15) is 4.79 Å². The predicted octanol–water partition coefficient (Wildman–Crippen LogP) is 6.18. The number of nitrogens with two attached hydrogens (primary N) is 1. The normalized spacial score (nSPS) is 10.7. The zero-order valence-electron chi connectivity index (χ0n) is 17.4. The zero-order valence-corrected chi connectivity index (χ0v) is 17.4. The Bertz CT molecular complexity index is 473. The average molecular weight is 376 g/mol. The van der Waals surface area contributed by atoms with Crippen LogP contribution in [0.5, 0.6) is 0 Å². The molecule has 0 atom stereocenters. The van der Waals surface area contributed by atoms with E-state index in [1.54, 1.807) is 12.1 Å². The average Bonchev–Trinajstić information content (AvgIpc) is 2.70. The Hall–Kier alpha value is -1.55. The third-order valence-corrected chi connectivity index (χ3v) is 5.14. The first kappa shape index (κ1) is 23.5. The van der Waals surface area contributed by atoms with Crippen LogP contribution in [-0.2, 0) is 0 Å². The minimum atomic E-state index is -0.256. The first-order valence-electron chi connectivity index (χ1n) is 11.1. The maximum Gasteiger partial charge on any atom is 0.265 e. The lowest BCUT2D eigenvalue weighted by atomic mass is 10.0. The number of carbonyl (C=O) groups is 1. The second kappa shape index (κ2) is 16.6. The SMILES string of the molecule is CCCCCCCCCCCCCCCCNc1ccc(C(=O)NN)cc1. The van der Waals surface area contributed by atoms with Crippen molar-refractivity contribution in [2.45, 2.75) is 96.8 Å². The summed E-state index contributed by atoms with van der Waals surface area (Å²) >= 11 is 0. The van der Waals surface area contributed by atoms with Crippen LogP contribution in [0, 0.1) is 0 Å². The highest BCUT2D eigenvalue weighted by atomic mass is 16.2. The molecule has 0 bridgehead atoms. The molecule has 1 aromatic rings. The molecule has 0 aromatic heterocycles. The van der Waals surface area contributed by atoms with Crippen LogP contribution < -0.4 is 16.6 Å². The highest BCUT2D eigenvalue weighted by molar-refractivity contribution is 5.94. The van der Waals surface area contributed by atoms with Gasteiger partial charge in [-0.2, -0.15) is 0 Å². The molecule has 4 N–H and O–H groups in total. The van der Waals surface area contributed by atoms with Gasteiger partial charge in [-0.15, -0.1) is 0 Å². The number of carbonyl (C=O) groups excluding carboxylic acids is 1. The summed E-state index contributed by atoms with van der Waals surface area (Å²) in [5.41, 5.74) is 3.78. The van der Waals surface area contributed by atoms with E-state index in [1.807, 2.05) is 12.1 Å². The van der Waals surface area contributed by atoms with Gasteiger partial charge in [-0.25, -0.2) is 5.84 Å². The van der Waals surface area contributed by atoms with Crippen molar-refractivity contribution in [1.82, 2.24) is 5.43 Å². The van der Waals surface area contributed by atoms with Crippen molar-refractivity contribution < 1.29 is 4.79 Å². The highest BCUT2D eigenvalue weighted by Crippen LogP contribution is 2.13. The summed E-state index contributed by atoms with van der Waals surface area (Å²) in [4.78, 5) is 11.4. The number of hydrazine groups is 1. The molecule has 1 rings (SSSR count). The lowest BCUT2D eigenvalue weighted by Crippen LogP contribution is -2.29. The first-order valence-corrected chi connectivity index (χ1v) is 11.1. The Morgan fingerprint density at radius 1 is 0.741 bits per heavy atom.